The van der Waals surface area contributed by atoms with E-state index in [9.17, 15) is 4.79 Å². The summed E-state index contributed by atoms with van der Waals surface area (Å²) in [5, 5.41) is 6.89. The highest BCUT2D eigenvalue weighted by molar-refractivity contribution is 5.68. The van der Waals surface area contributed by atoms with Crippen molar-refractivity contribution in [3.63, 3.8) is 0 Å². The average Bonchev–Trinajstić information content (AvgIpc) is 2.95. The summed E-state index contributed by atoms with van der Waals surface area (Å²) >= 11 is 0. The number of hydrogen-bond acceptors (Lipinski definition) is 4. The minimum absolute atomic E-state index is 0.119. The average molecular weight is 324 g/mol. The quantitative estimate of drug-likeness (QED) is 0.838. The fraction of sp³-hybridized carbons (Fsp3) is 0.944. The first-order valence-electron chi connectivity index (χ1n) is 9.04. The number of amides is 1. The van der Waals surface area contributed by atoms with Crippen LogP contribution in [0.25, 0.3) is 0 Å². The number of nitrogens with one attached hydrogen (secondary N) is 2. The molecule has 23 heavy (non-hydrogen) atoms. The van der Waals surface area contributed by atoms with Gasteiger partial charge in [0.25, 0.3) is 0 Å². The van der Waals surface area contributed by atoms with Gasteiger partial charge in [-0.1, -0.05) is 20.3 Å². The van der Waals surface area contributed by atoms with Crippen LogP contribution in [-0.2, 0) is 9.47 Å². The van der Waals surface area contributed by atoms with E-state index in [1.165, 1.54) is 19.3 Å². The number of carbonyl (C=O) groups is 1. The van der Waals surface area contributed by atoms with Crippen molar-refractivity contribution >= 4 is 6.09 Å². The molecule has 0 aromatic rings. The van der Waals surface area contributed by atoms with Crippen molar-refractivity contribution < 1.29 is 14.3 Å². The van der Waals surface area contributed by atoms with Gasteiger partial charge in [-0.25, -0.2) is 4.79 Å². The Labute approximate surface area is 139 Å². The van der Waals surface area contributed by atoms with Crippen molar-refractivity contribution in [1.82, 2.24) is 10.6 Å². The summed E-state index contributed by atoms with van der Waals surface area (Å²) < 4.78 is 11.3. The van der Waals surface area contributed by atoms with Gasteiger partial charge >= 0.3 is 6.09 Å². The summed E-state index contributed by atoms with van der Waals surface area (Å²) in [6.07, 6.45) is 4.70. The summed E-state index contributed by atoms with van der Waals surface area (Å²) in [5.74, 6) is 0.421. The molecule has 2 aliphatic carbocycles. The van der Waals surface area contributed by atoms with E-state index < -0.39 is 5.60 Å². The van der Waals surface area contributed by atoms with Crippen molar-refractivity contribution in [3.05, 3.63) is 0 Å². The first kappa shape index (κ1) is 17.0. The third-order valence-electron chi connectivity index (χ3n) is 5.72. The molecule has 5 heteroatoms. The Morgan fingerprint density at radius 2 is 1.96 bits per heavy atom. The van der Waals surface area contributed by atoms with Gasteiger partial charge in [0, 0.05) is 18.6 Å². The van der Waals surface area contributed by atoms with E-state index in [2.05, 4.69) is 24.5 Å². The van der Waals surface area contributed by atoms with Crippen LogP contribution in [0.5, 0.6) is 0 Å². The van der Waals surface area contributed by atoms with Gasteiger partial charge in [0.15, 0.2) is 0 Å². The first-order chi connectivity index (χ1) is 10.7. The van der Waals surface area contributed by atoms with E-state index in [4.69, 9.17) is 9.47 Å². The SMILES string of the molecule is CC(C)(C)OC(=O)NC1C2CCOC2C1NC1CCCC1(C)C. The van der Waals surface area contributed by atoms with Crippen molar-refractivity contribution in [2.24, 2.45) is 11.3 Å². The van der Waals surface area contributed by atoms with Gasteiger partial charge < -0.3 is 20.1 Å². The van der Waals surface area contributed by atoms with E-state index in [1.54, 1.807) is 0 Å². The number of rotatable bonds is 3. The molecular weight excluding hydrogens is 292 g/mol. The topological polar surface area (TPSA) is 59.6 Å². The molecular formula is C18H32N2O3. The van der Waals surface area contributed by atoms with E-state index in [0.717, 1.165) is 13.0 Å². The number of hydrogen-bond donors (Lipinski definition) is 2. The summed E-state index contributed by atoms with van der Waals surface area (Å²) in [4.78, 5) is 12.2. The van der Waals surface area contributed by atoms with Gasteiger partial charge in [0.05, 0.1) is 18.2 Å². The smallest absolute Gasteiger partial charge is 0.407 e. The summed E-state index contributed by atoms with van der Waals surface area (Å²) in [6, 6.07) is 0.826. The monoisotopic (exact) mass is 324 g/mol. The lowest BCUT2D eigenvalue weighted by Crippen LogP contribution is -2.72. The molecule has 1 heterocycles. The third-order valence-corrected chi connectivity index (χ3v) is 5.72. The lowest BCUT2D eigenvalue weighted by Gasteiger charge is -2.50. The van der Waals surface area contributed by atoms with Gasteiger partial charge in [-0.3, -0.25) is 0 Å². The van der Waals surface area contributed by atoms with E-state index in [-0.39, 0.29) is 24.3 Å². The Kier molecular flexibility index (Phi) is 4.38. The second-order valence-corrected chi connectivity index (χ2v) is 9.09. The maximum Gasteiger partial charge on any atom is 0.407 e. The van der Waals surface area contributed by atoms with E-state index in [1.807, 2.05) is 20.8 Å². The van der Waals surface area contributed by atoms with Gasteiger partial charge in [0.2, 0.25) is 0 Å². The zero-order chi connectivity index (χ0) is 16.8. The number of alkyl carbamates (subject to hydrolysis) is 1. The predicted octanol–water partition coefficient (Wildman–Crippen LogP) is 2.84. The van der Waals surface area contributed by atoms with Crippen molar-refractivity contribution in [2.75, 3.05) is 6.61 Å². The molecule has 0 spiro atoms. The molecule has 0 aromatic carbocycles. The zero-order valence-electron chi connectivity index (χ0n) is 15.1. The van der Waals surface area contributed by atoms with Crippen molar-refractivity contribution in [3.8, 4) is 0 Å². The molecule has 1 saturated heterocycles. The predicted molar refractivity (Wildman–Crippen MR) is 89.3 cm³/mol. The summed E-state index contributed by atoms with van der Waals surface area (Å²) in [7, 11) is 0. The fourth-order valence-electron chi connectivity index (χ4n) is 4.41. The maximum atomic E-state index is 12.2. The van der Waals surface area contributed by atoms with Gasteiger partial charge in [0.1, 0.15) is 5.60 Å². The van der Waals surface area contributed by atoms with Crippen LogP contribution >= 0.6 is 0 Å². The number of carbonyl (C=O) groups excluding carboxylic acids is 1. The van der Waals surface area contributed by atoms with Gasteiger partial charge in [-0.2, -0.15) is 0 Å². The Morgan fingerprint density at radius 3 is 2.57 bits per heavy atom. The Balaban J connectivity index is 1.62. The molecule has 5 unspecified atom stereocenters. The van der Waals surface area contributed by atoms with Crippen LogP contribution in [0, 0.1) is 11.3 Å². The molecule has 3 aliphatic rings. The van der Waals surface area contributed by atoms with Gasteiger partial charge in [-0.05, 0) is 45.4 Å². The lowest BCUT2D eigenvalue weighted by atomic mass is 9.70. The highest BCUT2D eigenvalue weighted by atomic mass is 16.6. The minimum Gasteiger partial charge on any atom is -0.444 e. The Morgan fingerprint density at radius 1 is 1.22 bits per heavy atom. The molecule has 2 N–H and O–H groups in total. The van der Waals surface area contributed by atoms with Crippen LogP contribution in [-0.4, -0.2) is 42.5 Å². The maximum absolute atomic E-state index is 12.2. The Bertz CT molecular complexity index is 458. The molecule has 3 fully saturated rings. The van der Waals surface area contributed by atoms with Crippen molar-refractivity contribution in [1.29, 1.82) is 0 Å². The summed E-state index contributed by atoms with van der Waals surface area (Å²) in [6.45, 7) is 11.1. The molecule has 0 radical (unpaired) electrons. The first-order valence-corrected chi connectivity index (χ1v) is 9.04. The molecule has 132 valence electrons. The second-order valence-electron chi connectivity index (χ2n) is 9.09. The molecule has 3 rings (SSSR count). The molecule has 0 aromatic heterocycles. The molecule has 2 saturated carbocycles. The van der Waals surface area contributed by atoms with Crippen LogP contribution in [0.1, 0.15) is 60.3 Å². The minimum atomic E-state index is -0.463. The van der Waals surface area contributed by atoms with Crippen molar-refractivity contribution in [2.45, 2.75) is 90.1 Å². The third kappa shape index (κ3) is 3.50. The lowest BCUT2D eigenvalue weighted by molar-refractivity contribution is -0.0414. The fourth-order valence-corrected chi connectivity index (χ4v) is 4.41. The zero-order valence-corrected chi connectivity index (χ0v) is 15.1. The van der Waals surface area contributed by atoms with E-state index in [0.29, 0.717) is 17.4 Å². The molecule has 5 atom stereocenters. The van der Waals surface area contributed by atoms with Crippen LogP contribution in [0.3, 0.4) is 0 Å². The van der Waals surface area contributed by atoms with Crippen LogP contribution in [0.2, 0.25) is 0 Å². The van der Waals surface area contributed by atoms with Crippen LogP contribution in [0.4, 0.5) is 4.79 Å². The normalized spacial score (nSPS) is 38.7. The highest BCUT2D eigenvalue weighted by Crippen LogP contribution is 2.43. The van der Waals surface area contributed by atoms with Crippen LogP contribution in [0.15, 0.2) is 0 Å². The second kappa shape index (κ2) is 5.92. The Hall–Kier alpha value is -0.810. The largest absolute Gasteiger partial charge is 0.444 e. The molecule has 5 nitrogen and oxygen atoms in total. The number of ether oxygens (including phenoxy) is 2. The molecule has 0 bridgehead atoms. The van der Waals surface area contributed by atoms with E-state index >= 15 is 0 Å². The molecule has 1 amide bonds. The summed E-state index contributed by atoms with van der Waals surface area (Å²) in [5.41, 5.74) is -0.143. The van der Waals surface area contributed by atoms with Crippen LogP contribution < -0.4 is 10.6 Å². The number of fused-ring (bicyclic) bond motifs is 1. The standard InChI is InChI=1S/C18H32N2O3/c1-17(2,3)23-16(21)20-13-11-8-10-22-15(11)14(13)19-12-7-6-9-18(12,4)5/h11-15,19H,6-10H2,1-5H3,(H,20,21). The van der Waals surface area contributed by atoms with Gasteiger partial charge in [-0.15, -0.1) is 0 Å². The highest BCUT2D eigenvalue weighted by Gasteiger charge is 2.56. The molecule has 1 aliphatic heterocycles.